The fourth-order valence-electron chi connectivity index (χ4n) is 3.18. The Kier molecular flexibility index (Phi) is 2.90. The molecule has 2 unspecified atom stereocenters. The van der Waals surface area contributed by atoms with Gasteiger partial charge in [-0.25, -0.2) is 8.78 Å². The Balaban J connectivity index is 1.81. The summed E-state index contributed by atoms with van der Waals surface area (Å²) in [6.45, 7) is 0.409. The first-order valence-electron chi connectivity index (χ1n) is 6.35. The Morgan fingerprint density at radius 1 is 1.17 bits per heavy atom. The Bertz CT molecular complexity index is 473. The van der Waals surface area contributed by atoms with Gasteiger partial charge in [0.15, 0.2) is 0 Å². The summed E-state index contributed by atoms with van der Waals surface area (Å²) in [5, 5.41) is 0. The van der Waals surface area contributed by atoms with Gasteiger partial charge >= 0.3 is 0 Å². The molecule has 2 nitrogen and oxygen atoms in total. The highest BCUT2D eigenvalue weighted by molar-refractivity contribution is 5.80. The molecule has 0 spiro atoms. The summed E-state index contributed by atoms with van der Waals surface area (Å²) in [7, 11) is 0. The number of nitrogens with zero attached hydrogens (tertiary/aromatic N) is 1. The van der Waals surface area contributed by atoms with E-state index in [2.05, 4.69) is 4.90 Å². The second-order valence-corrected chi connectivity index (χ2v) is 5.24. The first kappa shape index (κ1) is 11.8. The molecule has 0 radical (unpaired) electrons. The zero-order chi connectivity index (χ0) is 12.7. The largest absolute Gasteiger partial charge is 0.300 e. The van der Waals surface area contributed by atoms with Crippen LogP contribution in [-0.2, 0) is 11.3 Å². The van der Waals surface area contributed by atoms with Gasteiger partial charge in [0.2, 0.25) is 0 Å². The maximum Gasteiger partial charge on any atom is 0.136 e. The third kappa shape index (κ3) is 2.05. The van der Waals surface area contributed by atoms with E-state index < -0.39 is 5.82 Å². The summed E-state index contributed by atoms with van der Waals surface area (Å²) in [6.07, 6.45) is 3.11. The predicted octanol–water partition coefficient (Wildman–Crippen LogP) is 2.66. The van der Waals surface area contributed by atoms with Crippen molar-refractivity contribution < 1.29 is 13.6 Å². The number of fused-ring (bicyclic) bond motifs is 2. The molecule has 96 valence electrons. The van der Waals surface area contributed by atoms with Gasteiger partial charge in [-0.2, -0.15) is 0 Å². The summed E-state index contributed by atoms with van der Waals surface area (Å²) in [5.74, 6) is -0.474. The third-order valence-corrected chi connectivity index (χ3v) is 4.06. The Morgan fingerprint density at radius 2 is 1.83 bits per heavy atom. The first-order chi connectivity index (χ1) is 8.63. The minimum absolute atomic E-state index is 0.221. The van der Waals surface area contributed by atoms with E-state index in [1.807, 2.05) is 0 Å². The van der Waals surface area contributed by atoms with Crippen LogP contribution in [0.4, 0.5) is 8.78 Å². The lowest BCUT2D eigenvalue weighted by Crippen LogP contribution is -2.42. The number of Topliss-reactive ketones (excluding diaryl/α,β-unsaturated/α-hetero) is 1. The van der Waals surface area contributed by atoms with Crippen molar-refractivity contribution in [3.63, 3.8) is 0 Å². The number of rotatable bonds is 2. The molecule has 0 N–H and O–H groups in total. The van der Waals surface area contributed by atoms with E-state index in [1.165, 1.54) is 12.1 Å². The molecule has 1 aromatic carbocycles. The zero-order valence-electron chi connectivity index (χ0n) is 10.0. The van der Waals surface area contributed by atoms with E-state index in [0.717, 1.165) is 18.9 Å². The van der Waals surface area contributed by atoms with Gasteiger partial charge in [0.05, 0.1) is 0 Å². The van der Waals surface area contributed by atoms with Gasteiger partial charge < -0.3 is 0 Å². The first-order valence-corrected chi connectivity index (χ1v) is 6.35. The predicted molar refractivity (Wildman–Crippen MR) is 63.0 cm³/mol. The molecular formula is C14H15F2NO. The molecule has 0 saturated carbocycles. The molecule has 2 fully saturated rings. The number of hydrogen-bond donors (Lipinski definition) is 0. The molecule has 2 saturated heterocycles. The average Bonchev–Trinajstić information content (AvgIpc) is 2.57. The smallest absolute Gasteiger partial charge is 0.136 e. The summed E-state index contributed by atoms with van der Waals surface area (Å²) in [5.41, 5.74) is 0.390. The SMILES string of the molecule is O=C1CC2CCC(C1)N2Cc1cc(F)ccc1F. The van der Waals surface area contributed by atoms with Gasteiger partial charge in [-0.15, -0.1) is 0 Å². The molecular weight excluding hydrogens is 236 g/mol. The molecule has 2 bridgehead atoms. The average molecular weight is 251 g/mol. The molecule has 3 rings (SSSR count). The molecule has 0 aromatic heterocycles. The Hall–Kier alpha value is -1.29. The van der Waals surface area contributed by atoms with Gasteiger partial charge in [0.25, 0.3) is 0 Å². The minimum Gasteiger partial charge on any atom is -0.300 e. The van der Waals surface area contributed by atoms with Crippen LogP contribution >= 0.6 is 0 Å². The fraction of sp³-hybridized carbons (Fsp3) is 0.500. The Morgan fingerprint density at radius 3 is 2.50 bits per heavy atom. The number of carbonyl (C=O) groups is 1. The van der Waals surface area contributed by atoms with Crippen molar-refractivity contribution in [2.24, 2.45) is 0 Å². The van der Waals surface area contributed by atoms with Crippen molar-refractivity contribution in [1.29, 1.82) is 0 Å². The number of hydrogen-bond acceptors (Lipinski definition) is 2. The topological polar surface area (TPSA) is 20.3 Å². The molecule has 2 aliphatic rings. The van der Waals surface area contributed by atoms with E-state index in [4.69, 9.17) is 0 Å². The highest BCUT2D eigenvalue weighted by atomic mass is 19.1. The normalized spacial score (nSPS) is 27.8. The van der Waals surface area contributed by atoms with Crippen LogP contribution in [0.3, 0.4) is 0 Å². The lowest BCUT2D eigenvalue weighted by Gasteiger charge is -2.34. The van der Waals surface area contributed by atoms with Crippen LogP contribution in [0, 0.1) is 11.6 Å². The summed E-state index contributed by atoms with van der Waals surface area (Å²) in [4.78, 5) is 13.6. The quantitative estimate of drug-likeness (QED) is 0.805. The maximum absolute atomic E-state index is 13.6. The van der Waals surface area contributed by atoms with Crippen molar-refractivity contribution in [2.75, 3.05) is 0 Å². The number of halogens is 2. The molecule has 18 heavy (non-hydrogen) atoms. The van der Waals surface area contributed by atoms with Crippen LogP contribution in [0.2, 0.25) is 0 Å². The van der Waals surface area contributed by atoms with E-state index in [9.17, 15) is 13.6 Å². The molecule has 2 atom stereocenters. The van der Waals surface area contributed by atoms with Gasteiger partial charge in [0, 0.05) is 37.0 Å². The van der Waals surface area contributed by atoms with Crippen LogP contribution in [0.15, 0.2) is 18.2 Å². The molecule has 0 aliphatic carbocycles. The highest BCUT2D eigenvalue weighted by Gasteiger charge is 2.40. The zero-order valence-corrected chi connectivity index (χ0v) is 10.0. The lowest BCUT2D eigenvalue weighted by molar-refractivity contribution is -0.123. The van der Waals surface area contributed by atoms with Gasteiger partial charge in [-0.3, -0.25) is 9.69 Å². The van der Waals surface area contributed by atoms with Crippen molar-refractivity contribution in [2.45, 2.75) is 44.3 Å². The monoisotopic (exact) mass is 251 g/mol. The van der Waals surface area contributed by atoms with Crippen molar-refractivity contribution in [3.05, 3.63) is 35.4 Å². The van der Waals surface area contributed by atoms with Crippen molar-refractivity contribution in [1.82, 2.24) is 4.90 Å². The van der Waals surface area contributed by atoms with Crippen molar-refractivity contribution >= 4 is 5.78 Å². The minimum atomic E-state index is -0.410. The molecule has 0 amide bonds. The van der Waals surface area contributed by atoms with E-state index >= 15 is 0 Å². The van der Waals surface area contributed by atoms with Gasteiger partial charge in [0.1, 0.15) is 17.4 Å². The number of benzene rings is 1. The Labute approximate surface area is 105 Å². The van der Waals surface area contributed by atoms with Gasteiger partial charge in [-0.1, -0.05) is 0 Å². The van der Waals surface area contributed by atoms with Crippen LogP contribution in [0.5, 0.6) is 0 Å². The summed E-state index contributed by atoms with van der Waals surface area (Å²) >= 11 is 0. The summed E-state index contributed by atoms with van der Waals surface area (Å²) in [6, 6.07) is 4.00. The van der Waals surface area contributed by atoms with E-state index in [1.54, 1.807) is 0 Å². The van der Waals surface area contributed by atoms with Crippen LogP contribution in [0.25, 0.3) is 0 Å². The fourth-order valence-corrected chi connectivity index (χ4v) is 3.18. The molecule has 1 aromatic rings. The van der Waals surface area contributed by atoms with Gasteiger partial charge in [-0.05, 0) is 31.0 Å². The van der Waals surface area contributed by atoms with Crippen molar-refractivity contribution in [3.8, 4) is 0 Å². The van der Waals surface area contributed by atoms with Crippen LogP contribution < -0.4 is 0 Å². The molecule has 2 heterocycles. The van der Waals surface area contributed by atoms with E-state index in [-0.39, 0.29) is 17.9 Å². The lowest BCUT2D eigenvalue weighted by atomic mass is 10.0. The standard InChI is InChI=1S/C14H15F2NO/c15-10-1-4-14(16)9(5-10)8-17-11-2-3-12(17)7-13(18)6-11/h1,4-5,11-12H,2-3,6-8H2. The highest BCUT2D eigenvalue weighted by Crippen LogP contribution is 2.35. The summed E-state index contributed by atoms with van der Waals surface area (Å²) < 4.78 is 26.7. The number of carbonyl (C=O) groups excluding carboxylic acids is 1. The third-order valence-electron chi connectivity index (χ3n) is 4.06. The maximum atomic E-state index is 13.6. The number of piperidine rings is 1. The second-order valence-electron chi connectivity index (χ2n) is 5.24. The molecule has 4 heteroatoms. The second kappa shape index (κ2) is 4.43. The molecule has 2 aliphatic heterocycles. The number of ketones is 1. The van der Waals surface area contributed by atoms with E-state index in [0.29, 0.717) is 30.7 Å². The van der Waals surface area contributed by atoms with Crippen LogP contribution in [0.1, 0.15) is 31.2 Å². The van der Waals surface area contributed by atoms with Crippen LogP contribution in [-0.4, -0.2) is 22.8 Å².